The van der Waals surface area contributed by atoms with Gasteiger partial charge in [0.1, 0.15) is 0 Å². The molecule has 0 heterocycles. The standard InChI is InChI=1S/C8H15N/c1-7(2)4-8(5-7)3-6(8)9/h6H,3-5,9H2,1-2H3. The molecule has 52 valence electrons. The van der Waals surface area contributed by atoms with Gasteiger partial charge in [0.2, 0.25) is 0 Å². The second kappa shape index (κ2) is 1.20. The Morgan fingerprint density at radius 3 is 1.89 bits per heavy atom. The van der Waals surface area contributed by atoms with Crippen LogP contribution in [0, 0.1) is 10.8 Å². The van der Waals surface area contributed by atoms with E-state index in [0.29, 0.717) is 16.9 Å². The Hall–Kier alpha value is -0.0400. The van der Waals surface area contributed by atoms with E-state index >= 15 is 0 Å². The van der Waals surface area contributed by atoms with Crippen LogP contribution in [0.1, 0.15) is 33.1 Å². The molecule has 2 aliphatic carbocycles. The lowest BCUT2D eigenvalue weighted by Crippen LogP contribution is -2.37. The Labute approximate surface area is 56.6 Å². The lowest BCUT2D eigenvalue weighted by atomic mass is 9.61. The Morgan fingerprint density at radius 1 is 1.33 bits per heavy atom. The number of rotatable bonds is 0. The van der Waals surface area contributed by atoms with Gasteiger partial charge in [-0.3, -0.25) is 0 Å². The molecular weight excluding hydrogens is 110 g/mol. The summed E-state index contributed by atoms with van der Waals surface area (Å²) in [5, 5.41) is 0. The summed E-state index contributed by atoms with van der Waals surface area (Å²) in [5.74, 6) is 0. The van der Waals surface area contributed by atoms with Crippen LogP contribution in [0.15, 0.2) is 0 Å². The third kappa shape index (κ3) is 0.644. The summed E-state index contributed by atoms with van der Waals surface area (Å²) in [6, 6.07) is 0.561. The highest BCUT2D eigenvalue weighted by Crippen LogP contribution is 2.67. The van der Waals surface area contributed by atoms with Crippen LogP contribution in [0.5, 0.6) is 0 Å². The van der Waals surface area contributed by atoms with E-state index in [-0.39, 0.29) is 0 Å². The topological polar surface area (TPSA) is 26.0 Å². The molecule has 1 heteroatoms. The Balaban J connectivity index is 1.99. The first-order valence-electron chi connectivity index (χ1n) is 3.80. The average molecular weight is 125 g/mol. The molecular formula is C8H15N. The van der Waals surface area contributed by atoms with Gasteiger partial charge in [-0.25, -0.2) is 0 Å². The molecule has 0 bridgehead atoms. The van der Waals surface area contributed by atoms with E-state index in [1.807, 2.05) is 0 Å². The van der Waals surface area contributed by atoms with E-state index in [2.05, 4.69) is 13.8 Å². The molecule has 0 saturated heterocycles. The van der Waals surface area contributed by atoms with Crippen molar-refractivity contribution < 1.29 is 0 Å². The second-order valence-electron chi connectivity index (χ2n) is 4.69. The van der Waals surface area contributed by atoms with Crippen LogP contribution in [0.25, 0.3) is 0 Å². The van der Waals surface area contributed by atoms with Crippen LogP contribution in [-0.4, -0.2) is 6.04 Å². The van der Waals surface area contributed by atoms with Crippen LogP contribution >= 0.6 is 0 Å². The highest BCUT2D eigenvalue weighted by Gasteiger charge is 2.62. The lowest BCUT2D eigenvalue weighted by molar-refractivity contribution is 0.0709. The van der Waals surface area contributed by atoms with E-state index in [1.165, 1.54) is 19.3 Å². The van der Waals surface area contributed by atoms with Crippen molar-refractivity contribution in [2.24, 2.45) is 16.6 Å². The first kappa shape index (κ1) is 5.72. The highest BCUT2D eigenvalue weighted by atomic mass is 14.8. The van der Waals surface area contributed by atoms with Gasteiger partial charge >= 0.3 is 0 Å². The van der Waals surface area contributed by atoms with Gasteiger partial charge in [-0.1, -0.05) is 13.8 Å². The Morgan fingerprint density at radius 2 is 1.78 bits per heavy atom. The molecule has 2 aliphatic rings. The van der Waals surface area contributed by atoms with Gasteiger partial charge < -0.3 is 5.73 Å². The largest absolute Gasteiger partial charge is 0.327 e. The lowest BCUT2D eigenvalue weighted by Gasteiger charge is -2.44. The SMILES string of the molecule is CC1(C)CC2(CC2N)C1. The zero-order valence-corrected chi connectivity index (χ0v) is 6.28. The van der Waals surface area contributed by atoms with Crippen LogP contribution in [0.4, 0.5) is 0 Å². The fourth-order valence-electron chi connectivity index (χ4n) is 2.64. The summed E-state index contributed by atoms with van der Waals surface area (Å²) in [6.45, 7) is 4.67. The van der Waals surface area contributed by atoms with Crippen molar-refractivity contribution in [3.63, 3.8) is 0 Å². The van der Waals surface area contributed by atoms with Gasteiger partial charge in [0.05, 0.1) is 0 Å². The fraction of sp³-hybridized carbons (Fsp3) is 1.00. The molecule has 0 amide bonds. The summed E-state index contributed by atoms with van der Waals surface area (Å²) >= 11 is 0. The molecule has 0 aromatic carbocycles. The summed E-state index contributed by atoms with van der Waals surface area (Å²) in [7, 11) is 0. The maximum absolute atomic E-state index is 5.78. The predicted octanol–water partition coefficient (Wildman–Crippen LogP) is 1.52. The van der Waals surface area contributed by atoms with E-state index in [4.69, 9.17) is 5.73 Å². The summed E-state index contributed by atoms with van der Waals surface area (Å²) in [5.41, 5.74) is 7.05. The molecule has 0 aliphatic heterocycles. The first-order chi connectivity index (χ1) is 4.04. The van der Waals surface area contributed by atoms with Crippen LogP contribution in [0.3, 0.4) is 0 Å². The molecule has 1 unspecified atom stereocenters. The molecule has 2 rings (SSSR count). The van der Waals surface area contributed by atoms with Crippen molar-refractivity contribution in [2.75, 3.05) is 0 Å². The van der Waals surface area contributed by atoms with Crippen molar-refractivity contribution in [2.45, 2.75) is 39.2 Å². The zero-order valence-electron chi connectivity index (χ0n) is 6.28. The molecule has 0 radical (unpaired) electrons. The zero-order chi connectivity index (χ0) is 6.70. The van der Waals surface area contributed by atoms with E-state index in [0.717, 1.165) is 0 Å². The molecule has 2 fully saturated rings. The number of hydrogen-bond acceptors (Lipinski definition) is 1. The van der Waals surface area contributed by atoms with Gasteiger partial charge in [0.15, 0.2) is 0 Å². The molecule has 0 aromatic rings. The van der Waals surface area contributed by atoms with Crippen molar-refractivity contribution >= 4 is 0 Å². The van der Waals surface area contributed by atoms with Gasteiger partial charge in [-0.15, -0.1) is 0 Å². The molecule has 2 N–H and O–H groups in total. The van der Waals surface area contributed by atoms with Crippen LogP contribution in [-0.2, 0) is 0 Å². The maximum atomic E-state index is 5.78. The van der Waals surface area contributed by atoms with Gasteiger partial charge in [0.25, 0.3) is 0 Å². The molecule has 9 heavy (non-hydrogen) atoms. The third-order valence-electron chi connectivity index (χ3n) is 2.91. The summed E-state index contributed by atoms with van der Waals surface area (Å²) in [6.07, 6.45) is 4.05. The molecule has 2 saturated carbocycles. The van der Waals surface area contributed by atoms with Crippen molar-refractivity contribution in [3.8, 4) is 0 Å². The van der Waals surface area contributed by atoms with E-state index in [9.17, 15) is 0 Å². The van der Waals surface area contributed by atoms with Crippen LogP contribution < -0.4 is 5.73 Å². The quantitative estimate of drug-likeness (QED) is 0.522. The first-order valence-corrected chi connectivity index (χ1v) is 3.80. The Kier molecular flexibility index (Phi) is 0.760. The van der Waals surface area contributed by atoms with Gasteiger partial charge in [0, 0.05) is 6.04 Å². The Bertz CT molecular complexity index is 141. The van der Waals surface area contributed by atoms with Gasteiger partial charge in [-0.2, -0.15) is 0 Å². The van der Waals surface area contributed by atoms with E-state index in [1.54, 1.807) is 0 Å². The summed E-state index contributed by atoms with van der Waals surface area (Å²) < 4.78 is 0. The maximum Gasteiger partial charge on any atom is 0.0102 e. The monoisotopic (exact) mass is 125 g/mol. The molecule has 1 spiro atoms. The molecule has 1 nitrogen and oxygen atoms in total. The minimum absolute atomic E-state index is 0.561. The summed E-state index contributed by atoms with van der Waals surface area (Å²) in [4.78, 5) is 0. The third-order valence-corrected chi connectivity index (χ3v) is 2.91. The minimum Gasteiger partial charge on any atom is -0.327 e. The van der Waals surface area contributed by atoms with Crippen molar-refractivity contribution in [1.82, 2.24) is 0 Å². The van der Waals surface area contributed by atoms with E-state index < -0.39 is 0 Å². The average Bonchev–Trinajstić information content (AvgIpc) is 2.09. The van der Waals surface area contributed by atoms with Crippen molar-refractivity contribution in [1.29, 1.82) is 0 Å². The normalized spacial score (nSPS) is 42.3. The minimum atomic E-state index is 0.561. The van der Waals surface area contributed by atoms with Gasteiger partial charge in [-0.05, 0) is 30.1 Å². The number of hydrogen-bond donors (Lipinski definition) is 1. The smallest absolute Gasteiger partial charge is 0.0102 e. The van der Waals surface area contributed by atoms with Crippen molar-refractivity contribution in [3.05, 3.63) is 0 Å². The predicted molar refractivity (Wildman–Crippen MR) is 38.0 cm³/mol. The molecule has 1 atom stereocenters. The highest BCUT2D eigenvalue weighted by molar-refractivity contribution is 5.16. The molecule has 0 aromatic heterocycles. The number of nitrogens with two attached hydrogens (primary N) is 1. The fourth-order valence-corrected chi connectivity index (χ4v) is 2.64. The van der Waals surface area contributed by atoms with Crippen LogP contribution in [0.2, 0.25) is 0 Å². The second-order valence-corrected chi connectivity index (χ2v) is 4.69.